The zero-order valence-electron chi connectivity index (χ0n) is 21.1. The quantitative estimate of drug-likeness (QED) is 0.250. The van der Waals surface area contributed by atoms with Gasteiger partial charge in [0.2, 0.25) is 0 Å². The van der Waals surface area contributed by atoms with Gasteiger partial charge in [0.15, 0.2) is 11.5 Å². The summed E-state index contributed by atoms with van der Waals surface area (Å²) < 4.78 is 59.1. The number of nitrogens with one attached hydrogen (secondary N) is 1. The first-order valence-electron chi connectivity index (χ1n) is 11.9. The van der Waals surface area contributed by atoms with Crippen LogP contribution in [-0.4, -0.2) is 53.3 Å². The van der Waals surface area contributed by atoms with Crippen molar-refractivity contribution in [2.45, 2.75) is 57.5 Å². The molecule has 2 atom stereocenters. The number of fused-ring (bicyclic) bond motifs is 1. The van der Waals surface area contributed by atoms with Crippen LogP contribution in [0.15, 0.2) is 30.3 Å². The highest BCUT2D eigenvalue weighted by atomic mass is 19.3. The number of methoxy groups -OCH3 is 1. The number of aliphatic hydroxyl groups is 1. The van der Waals surface area contributed by atoms with Crippen molar-refractivity contribution in [2.75, 3.05) is 31.4 Å². The first-order valence-corrected chi connectivity index (χ1v) is 11.9. The van der Waals surface area contributed by atoms with Crippen molar-refractivity contribution in [3.63, 3.8) is 0 Å². The third kappa shape index (κ3) is 5.99. The number of alkyl halides is 3. The van der Waals surface area contributed by atoms with E-state index in [0.717, 1.165) is 19.9 Å². The Morgan fingerprint density at radius 1 is 1.11 bits per heavy atom. The minimum atomic E-state index is -3.51. The second-order valence-electron chi connectivity index (χ2n) is 9.60. The average molecular weight is 521 g/mol. The zero-order valence-corrected chi connectivity index (χ0v) is 21.1. The van der Waals surface area contributed by atoms with Gasteiger partial charge in [-0.1, -0.05) is 0 Å². The van der Waals surface area contributed by atoms with Crippen LogP contribution in [0.2, 0.25) is 0 Å². The van der Waals surface area contributed by atoms with Crippen molar-refractivity contribution in [3.05, 3.63) is 47.3 Å². The van der Waals surface area contributed by atoms with E-state index in [0.29, 0.717) is 46.0 Å². The number of halogens is 3. The van der Waals surface area contributed by atoms with Gasteiger partial charge in [0.25, 0.3) is 0 Å². The summed E-state index contributed by atoms with van der Waals surface area (Å²) in [5, 5.41) is 13.8. The lowest BCUT2D eigenvalue weighted by Crippen LogP contribution is -2.40. The van der Waals surface area contributed by atoms with Crippen molar-refractivity contribution < 1.29 is 32.5 Å². The van der Waals surface area contributed by atoms with E-state index in [9.17, 15) is 18.3 Å². The van der Waals surface area contributed by atoms with Gasteiger partial charge in [0, 0.05) is 35.7 Å². The molecule has 0 amide bonds. The normalized spacial score (nSPS) is 17.6. The van der Waals surface area contributed by atoms with Gasteiger partial charge in [-0.15, -0.1) is 0 Å². The van der Waals surface area contributed by atoms with Crippen LogP contribution in [0.25, 0.3) is 10.9 Å². The van der Waals surface area contributed by atoms with Crippen LogP contribution < -0.4 is 20.5 Å². The second-order valence-corrected chi connectivity index (χ2v) is 9.60. The first-order chi connectivity index (χ1) is 17.4. The van der Waals surface area contributed by atoms with Crippen LogP contribution in [0.5, 0.6) is 11.5 Å². The SMILES string of the molecule is COc1cc2nc(C)nc(NCc3cc(N)cc(C(F)(F)C(C)(C)O)c3)c2cc1OCCOC1CC1F. The van der Waals surface area contributed by atoms with E-state index in [-0.39, 0.29) is 37.1 Å². The Morgan fingerprint density at radius 2 is 1.84 bits per heavy atom. The van der Waals surface area contributed by atoms with Crippen molar-refractivity contribution in [3.8, 4) is 11.5 Å². The molecule has 3 aromatic rings. The van der Waals surface area contributed by atoms with Gasteiger partial charge in [0.1, 0.15) is 30.0 Å². The summed E-state index contributed by atoms with van der Waals surface area (Å²) in [6, 6.07) is 7.47. The van der Waals surface area contributed by atoms with Gasteiger partial charge >= 0.3 is 5.92 Å². The molecule has 8 nitrogen and oxygen atoms in total. The van der Waals surface area contributed by atoms with Crippen LogP contribution in [0, 0.1) is 6.92 Å². The molecule has 1 aliphatic rings. The molecule has 1 aliphatic carbocycles. The predicted molar refractivity (Wildman–Crippen MR) is 134 cm³/mol. The lowest BCUT2D eigenvalue weighted by atomic mass is 9.92. The summed E-state index contributed by atoms with van der Waals surface area (Å²) >= 11 is 0. The number of hydrogen-bond acceptors (Lipinski definition) is 8. The molecule has 2 aromatic carbocycles. The molecule has 1 fully saturated rings. The summed E-state index contributed by atoms with van der Waals surface area (Å²) in [6.07, 6.45) is -0.846. The Kier molecular flexibility index (Phi) is 7.38. The third-order valence-electron chi connectivity index (χ3n) is 6.03. The standard InChI is InChI=1S/C26H31F3N4O4/c1-14-32-20-12-22(35-4)23(37-6-5-36-21-11-19(21)27)10-18(20)24(33-14)31-13-15-7-16(9-17(30)8-15)26(28,29)25(2,3)34/h7-10,12,19,21,34H,5-6,11,13,30H2,1-4H3,(H,31,32,33). The maximum absolute atomic E-state index is 14.8. The van der Waals surface area contributed by atoms with Crippen LogP contribution in [0.1, 0.15) is 37.2 Å². The second kappa shape index (κ2) is 10.2. The van der Waals surface area contributed by atoms with Crippen molar-refractivity contribution >= 4 is 22.4 Å². The molecule has 11 heteroatoms. The van der Waals surface area contributed by atoms with Crippen LogP contribution in [0.3, 0.4) is 0 Å². The number of anilines is 2. The summed E-state index contributed by atoms with van der Waals surface area (Å²) in [6.45, 7) is 4.39. The number of aromatic nitrogens is 2. The fourth-order valence-corrected chi connectivity index (χ4v) is 3.87. The third-order valence-corrected chi connectivity index (χ3v) is 6.03. The molecule has 0 aliphatic heterocycles. The van der Waals surface area contributed by atoms with E-state index in [4.69, 9.17) is 19.9 Å². The molecule has 2 unspecified atom stereocenters. The van der Waals surface area contributed by atoms with E-state index < -0.39 is 17.7 Å². The van der Waals surface area contributed by atoms with Gasteiger partial charge in [0.05, 0.1) is 25.3 Å². The number of nitrogen functional groups attached to an aromatic ring is 1. The largest absolute Gasteiger partial charge is 0.493 e. The average Bonchev–Trinajstić information content (AvgIpc) is 3.53. The van der Waals surface area contributed by atoms with E-state index >= 15 is 0 Å². The lowest BCUT2D eigenvalue weighted by molar-refractivity contribution is -0.168. The van der Waals surface area contributed by atoms with E-state index in [2.05, 4.69) is 15.3 Å². The highest BCUT2D eigenvalue weighted by Gasteiger charge is 2.47. The van der Waals surface area contributed by atoms with E-state index in [1.165, 1.54) is 13.2 Å². The predicted octanol–water partition coefficient (Wildman–Crippen LogP) is 4.51. The molecule has 1 aromatic heterocycles. The Labute approximate surface area is 213 Å². The number of rotatable bonds is 11. The minimum Gasteiger partial charge on any atom is -0.493 e. The minimum absolute atomic E-state index is 0.132. The molecule has 200 valence electrons. The molecular formula is C26H31F3N4O4. The Balaban J connectivity index is 1.57. The molecule has 0 radical (unpaired) electrons. The number of hydrogen-bond donors (Lipinski definition) is 3. The zero-order chi connectivity index (χ0) is 27.0. The van der Waals surface area contributed by atoms with Gasteiger partial charge in [-0.05, 0) is 50.6 Å². The molecule has 0 spiro atoms. The van der Waals surface area contributed by atoms with Crippen molar-refractivity contribution in [1.82, 2.24) is 9.97 Å². The molecule has 4 rings (SSSR count). The molecule has 1 heterocycles. The summed E-state index contributed by atoms with van der Waals surface area (Å²) in [5.41, 5.74) is 4.47. The Bertz CT molecular complexity index is 1280. The fraction of sp³-hybridized carbons (Fsp3) is 0.462. The van der Waals surface area contributed by atoms with Gasteiger partial charge < -0.3 is 30.4 Å². The monoisotopic (exact) mass is 520 g/mol. The highest BCUT2D eigenvalue weighted by molar-refractivity contribution is 5.91. The highest BCUT2D eigenvalue weighted by Crippen LogP contribution is 2.40. The number of aryl methyl sites for hydroxylation is 1. The Hall–Kier alpha value is -3.31. The number of benzene rings is 2. The van der Waals surface area contributed by atoms with Crippen molar-refractivity contribution in [1.29, 1.82) is 0 Å². The molecule has 0 saturated heterocycles. The van der Waals surface area contributed by atoms with Crippen molar-refractivity contribution in [2.24, 2.45) is 0 Å². The van der Waals surface area contributed by atoms with Gasteiger partial charge in [-0.3, -0.25) is 0 Å². The van der Waals surface area contributed by atoms with E-state index in [1.807, 2.05) is 0 Å². The lowest BCUT2D eigenvalue weighted by Gasteiger charge is -2.29. The van der Waals surface area contributed by atoms with Gasteiger partial charge in [-0.2, -0.15) is 8.78 Å². The Morgan fingerprint density at radius 3 is 2.49 bits per heavy atom. The number of ether oxygens (including phenoxy) is 3. The molecular weight excluding hydrogens is 489 g/mol. The summed E-state index contributed by atoms with van der Waals surface area (Å²) in [5.74, 6) is -1.67. The van der Waals surface area contributed by atoms with Crippen LogP contribution >= 0.6 is 0 Å². The van der Waals surface area contributed by atoms with Crippen LogP contribution in [0.4, 0.5) is 24.7 Å². The smallest absolute Gasteiger partial charge is 0.300 e. The topological polar surface area (TPSA) is 112 Å². The summed E-state index contributed by atoms with van der Waals surface area (Å²) in [4.78, 5) is 8.94. The molecule has 1 saturated carbocycles. The number of nitrogens with two attached hydrogens (primary N) is 1. The maximum atomic E-state index is 14.8. The van der Waals surface area contributed by atoms with Gasteiger partial charge in [-0.25, -0.2) is 14.4 Å². The first kappa shape index (κ1) is 26.7. The maximum Gasteiger partial charge on any atom is 0.300 e. The number of nitrogens with zero attached hydrogens (tertiary/aromatic N) is 2. The fourth-order valence-electron chi connectivity index (χ4n) is 3.87. The molecule has 0 bridgehead atoms. The molecule has 4 N–H and O–H groups in total. The molecule has 37 heavy (non-hydrogen) atoms. The van der Waals surface area contributed by atoms with E-state index in [1.54, 1.807) is 25.1 Å². The van der Waals surface area contributed by atoms with Crippen LogP contribution in [-0.2, 0) is 17.2 Å². The summed E-state index contributed by atoms with van der Waals surface area (Å²) in [7, 11) is 1.51.